The maximum absolute atomic E-state index is 12.8. The van der Waals surface area contributed by atoms with Gasteiger partial charge in [0.15, 0.2) is 0 Å². The molecule has 3 aliphatic rings. The summed E-state index contributed by atoms with van der Waals surface area (Å²) in [5, 5.41) is 0. The molecule has 0 N–H and O–H groups in total. The maximum Gasteiger partial charge on any atom is 0.226 e. The standard InChI is InChI=1S/C24H35N3O4/c1-19(28)25-11-13-26(14-12-25)21-6-15-31-24(18-21)7-9-27(10-8-24)23(29)17-20-4-3-5-22(16-20)30-2/h3-5,16,21H,6-15,17-18H2,1-2H3/t21-/m0/s1. The van der Waals surface area contributed by atoms with Crippen molar-refractivity contribution in [2.45, 2.75) is 50.7 Å². The third-order valence-corrected chi connectivity index (χ3v) is 7.26. The highest BCUT2D eigenvalue weighted by Gasteiger charge is 2.42. The van der Waals surface area contributed by atoms with Gasteiger partial charge in [0.2, 0.25) is 11.8 Å². The molecule has 2 amide bonds. The van der Waals surface area contributed by atoms with Crippen LogP contribution < -0.4 is 4.74 Å². The number of amides is 2. The number of nitrogens with zero attached hydrogens (tertiary/aromatic N) is 3. The van der Waals surface area contributed by atoms with Gasteiger partial charge < -0.3 is 19.3 Å². The Balaban J connectivity index is 1.29. The molecule has 1 atom stereocenters. The second-order valence-corrected chi connectivity index (χ2v) is 9.13. The monoisotopic (exact) mass is 429 g/mol. The fourth-order valence-corrected chi connectivity index (χ4v) is 5.30. The van der Waals surface area contributed by atoms with E-state index in [1.54, 1.807) is 14.0 Å². The Morgan fingerprint density at radius 3 is 2.52 bits per heavy atom. The zero-order chi connectivity index (χ0) is 21.8. The van der Waals surface area contributed by atoms with E-state index in [4.69, 9.17) is 9.47 Å². The molecule has 0 bridgehead atoms. The third-order valence-electron chi connectivity index (χ3n) is 7.26. The van der Waals surface area contributed by atoms with Gasteiger partial charge in [-0.1, -0.05) is 12.1 Å². The first kappa shape index (κ1) is 22.1. The summed E-state index contributed by atoms with van der Waals surface area (Å²) in [6, 6.07) is 8.26. The van der Waals surface area contributed by atoms with Crippen molar-refractivity contribution in [2.75, 3.05) is 53.0 Å². The zero-order valence-electron chi connectivity index (χ0n) is 18.8. The van der Waals surface area contributed by atoms with Crippen molar-refractivity contribution in [3.8, 4) is 5.75 Å². The number of ether oxygens (including phenoxy) is 2. The second kappa shape index (κ2) is 9.57. The van der Waals surface area contributed by atoms with E-state index in [1.165, 1.54) is 0 Å². The Kier molecular flexibility index (Phi) is 6.82. The highest BCUT2D eigenvalue weighted by atomic mass is 16.5. The summed E-state index contributed by atoms with van der Waals surface area (Å²) in [7, 11) is 1.64. The predicted molar refractivity (Wildman–Crippen MR) is 118 cm³/mol. The lowest BCUT2D eigenvalue weighted by atomic mass is 9.81. The highest BCUT2D eigenvalue weighted by Crippen LogP contribution is 2.37. The van der Waals surface area contributed by atoms with Gasteiger partial charge >= 0.3 is 0 Å². The molecule has 1 spiro atoms. The van der Waals surface area contributed by atoms with Crippen LogP contribution in [0.15, 0.2) is 24.3 Å². The summed E-state index contributed by atoms with van der Waals surface area (Å²) < 4.78 is 11.6. The number of likely N-dealkylation sites (tertiary alicyclic amines) is 1. The number of hydrogen-bond acceptors (Lipinski definition) is 5. The smallest absolute Gasteiger partial charge is 0.226 e. The van der Waals surface area contributed by atoms with Crippen molar-refractivity contribution < 1.29 is 19.1 Å². The van der Waals surface area contributed by atoms with E-state index in [2.05, 4.69) is 4.90 Å². The molecule has 3 heterocycles. The van der Waals surface area contributed by atoms with E-state index >= 15 is 0 Å². The number of methoxy groups -OCH3 is 1. The number of rotatable bonds is 4. The fourth-order valence-electron chi connectivity index (χ4n) is 5.30. The molecule has 1 aromatic carbocycles. The van der Waals surface area contributed by atoms with Gasteiger partial charge in [-0.3, -0.25) is 14.5 Å². The van der Waals surface area contributed by atoms with Crippen LogP contribution in [0.5, 0.6) is 5.75 Å². The number of hydrogen-bond donors (Lipinski definition) is 0. The van der Waals surface area contributed by atoms with Crippen LogP contribution in [0.4, 0.5) is 0 Å². The molecule has 31 heavy (non-hydrogen) atoms. The first-order chi connectivity index (χ1) is 15.0. The van der Waals surface area contributed by atoms with E-state index in [-0.39, 0.29) is 17.4 Å². The van der Waals surface area contributed by atoms with Crippen molar-refractivity contribution in [1.29, 1.82) is 0 Å². The number of piperidine rings is 1. The van der Waals surface area contributed by atoms with Gasteiger partial charge in [-0.25, -0.2) is 0 Å². The zero-order valence-corrected chi connectivity index (χ0v) is 18.8. The first-order valence-electron chi connectivity index (χ1n) is 11.5. The van der Waals surface area contributed by atoms with Crippen LogP contribution in [0, 0.1) is 0 Å². The van der Waals surface area contributed by atoms with Crippen molar-refractivity contribution in [3.63, 3.8) is 0 Å². The molecule has 3 fully saturated rings. The third kappa shape index (κ3) is 5.21. The Morgan fingerprint density at radius 1 is 1.10 bits per heavy atom. The van der Waals surface area contributed by atoms with Crippen LogP contribution in [0.25, 0.3) is 0 Å². The molecule has 3 saturated heterocycles. The van der Waals surface area contributed by atoms with Crippen LogP contribution in [0.1, 0.15) is 38.2 Å². The van der Waals surface area contributed by atoms with E-state index < -0.39 is 0 Å². The molecule has 7 nitrogen and oxygen atoms in total. The van der Waals surface area contributed by atoms with Gasteiger partial charge in [0.1, 0.15) is 5.75 Å². The van der Waals surface area contributed by atoms with Crippen LogP contribution in [0.3, 0.4) is 0 Å². The van der Waals surface area contributed by atoms with Crippen LogP contribution in [-0.2, 0) is 20.7 Å². The van der Waals surface area contributed by atoms with Gasteiger partial charge in [-0.2, -0.15) is 0 Å². The largest absolute Gasteiger partial charge is 0.497 e. The van der Waals surface area contributed by atoms with E-state index in [9.17, 15) is 9.59 Å². The Labute approximate surface area is 185 Å². The van der Waals surface area contributed by atoms with Gasteiger partial charge in [0, 0.05) is 58.8 Å². The summed E-state index contributed by atoms with van der Waals surface area (Å²) in [5.41, 5.74) is 0.885. The Hall–Kier alpha value is -2.12. The van der Waals surface area contributed by atoms with Gasteiger partial charge in [-0.05, 0) is 43.4 Å². The summed E-state index contributed by atoms with van der Waals surface area (Å²) in [4.78, 5) is 30.9. The summed E-state index contributed by atoms with van der Waals surface area (Å²) >= 11 is 0. The Morgan fingerprint density at radius 2 is 1.84 bits per heavy atom. The van der Waals surface area contributed by atoms with Crippen LogP contribution in [-0.4, -0.2) is 91.1 Å². The van der Waals surface area contributed by atoms with E-state index in [0.29, 0.717) is 12.5 Å². The quantitative estimate of drug-likeness (QED) is 0.732. The first-order valence-corrected chi connectivity index (χ1v) is 11.5. The van der Waals surface area contributed by atoms with Crippen molar-refractivity contribution in [3.05, 3.63) is 29.8 Å². The van der Waals surface area contributed by atoms with Crippen LogP contribution in [0.2, 0.25) is 0 Å². The molecule has 0 aromatic heterocycles. The summed E-state index contributed by atoms with van der Waals surface area (Å²) in [5.74, 6) is 1.14. The molecule has 0 radical (unpaired) electrons. The number of benzene rings is 1. The molecule has 170 valence electrons. The fraction of sp³-hybridized carbons (Fsp3) is 0.667. The van der Waals surface area contributed by atoms with Gasteiger partial charge in [0.25, 0.3) is 0 Å². The molecule has 3 aliphatic heterocycles. The van der Waals surface area contributed by atoms with E-state index in [0.717, 1.165) is 82.9 Å². The molecule has 0 aliphatic carbocycles. The van der Waals surface area contributed by atoms with Gasteiger partial charge in [0.05, 0.1) is 19.1 Å². The minimum absolute atomic E-state index is 0.104. The predicted octanol–water partition coefficient (Wildman–Crippen LogP) is 1.94. The number of carbonyl (C=O) groups excluding carboxylic acids is 2. The molecule has 7 heteroatoms. The summed E-state index contributed by atoms with van der Waals surface area (Å²) in [6.07, 6.45) is 4.31. The SMILES string of the molecule is COc1cccc(CC(=O)N2CCC3(CC2)C[C@@H](N2CCN(C(C)=O)CC2)CCO3)c1. The highest BCUT2D eigenvalue weighted by molar-refractivity contribution is 5.79. The van der Waals surface area contributed by atoms with Crippen molar-refractivity contribution >= 4 is 11.8 Å². The summed E-state index contributed by atoms with van der Waals surface area (Å²) in [6.45, 7) is 7.51. The minimum Gasteiger partial charge on any atom is -0.497 e. The number of piperazine rings is 1. The normalized spacial score (nSPS) is 24.3. The topological polar surface area (TPSA) is 62.3 Å². The van der Waals surface area contributed by atoms with Crippen LogP contribution >= 0.6 is 0 Å². The van der Waals surface area contributed by atoms with Gasteiger partial charge in [-0.15, -0.1) is 0 Å². The minimum atomic E-state index is -0.104. The average molecular weight is 430 g/mol. The van der Waals surface area contributed by atoms with Crippen molar-refractivity contribution in [1.82, 2.24) is 14.7 Å². The molecular weight excluding hydrogens is 394 g/mol. The van der Waals surface area contributed by atoms with Crippen molar-refractivity contribution in [2.24, 2.45) is 0 Å². The molecule has 1 aromatic rings. The molecule has 4 rings (SSSR count). The molecule has 0 saturated carbocycles. The lowest BCUT2D eigenvalue weighted by Gasteiger charge is -2.49. The number of carbonyl (C=O) groups is 2. The molecular formula is C24H35N3O4. The lowest BCUT2D eigenvalue weighted by Crippen LogP contribution is -2.57. The lowest BCUT2D eigenvalue weighted by molar-refractivity contribution is -0.151. The Bertz CT molecular complexity index is 783. The average Bonchev–Trinajstić information content (AvgIpc) is 2.80. The second-order valence-electron chi connectivity index (χ2n) is 9.13. The maximum atomic E-state index is 12.8. The molecule has 0 unspecified atom stereocenters. The van der Waals surface area contributed by atoms with E-state index in [1.807, 2.05) is 34.1 Å².